The van der Waals surface area contributed by atoms with Gasteiger partial charge in [-0.05, 0) is 31.2 Å². The lowest BCUT2D eigenvalue weighted by Crippen LogP contribution is -2.74. The zero-order valence-electron chi connectivity index (χ0n) is 13.6. The van der Waals surface area contributed by atoms with Crippen LogP contribution in [0.25, 0.3) is 0 Å². The molecular formula is C19H21NO2S. The Hall–Kier alpha value is -1.29. The van der Waals surface area contributed by atoms with Crippen LogP contribution in [-0.2, 0) is 15.0 Å². The van der Waals surface area contributed by atoms with Crippen molar-refractivity contribution < 1.29 is 9.59 Å². The number of rotatable bonds is 1. The van der Waals surface area contributed by atoms with Gasteiger partial charge in [0, 0.05) is 17.4 Å². The van der Waals surface area contributed by atoms with Crippen molar-refractivity contribution in [1.82, 2.24) is 4.90 Å². The number of carbonyl (C=O) groups is 2. The number of benzene rings is 1. The van der Waals surface area contributed by atoms with Gasteiger partial charge in [0.1, 0.15) is 10.3 Å². The summed E-state index contributed by atoms with van der Waals surface area (Å²) in [4.78, 5) is 28.5. The van der Waals surface area contributed by atoms with E-state index in [4.69, 9.17) is 0 Å². The lowest BCUT2D eigenvalue weighted by molar-refractivity contribution is -0.159. The minimum Gasteiger partial charge on any atom is -0.325 e. The van der Waals surface area contributed by atoms with Gasteiger partial charge in [0.2, 0.25) is 11.0 Å². The van der Waals surface area contributed by atoms with E-state index >= 15 is 0 Å². The van der Waals surface area contributed by atoms with E-state index < -0.39 is 5.41 Å². The van der Waals surface area contributed by atoms with Crippen molar-refractivity contribution in [3.05, 3.63) is 35.9 Å². The highest BCUT2D eigenvalue weighted by Gasteiger charge is 2.81. The molecule has 1 saturated carbocycles. The van der Waals surface area contributed by atoms with Crippen molar-refractivity contribution in [2.45, 2.75) is 49.8 Å². The van der Waals surface area contributed by atoms with Crippen LogP contribution in [0.15, 0.2) is 30.3 Å². The molecule has 1 unspecified atom stereocenters. The fourth-order valence-corrected chi connectivity index (χ4v) is 8.05. The summed E-state index contributed by atoms with van der Waals surface area (Å²) in [5.41, 5.74) is 0.0390. The highest BCUT2D eigenvalue weighted by Crippen LogP contribution is 2.77. The Balaban J connectivity index is 1.79. The normalized spacial score (nSPS) is 47.3. The lowest BCUT2D eigenvalue weighted by Gasteiger charge is -2.63. The summed E-state index contributed by atoms with van der Waals surface area (Å²) in [6, 6.07) is 9.75. The highest BCUT2D eigenvalue weighted by atomic mass is 32.2. The standard InChI is InChI=1S/C19H21NO2S/c1-16-8-9-17(2)12-18(13-6-4-3-5-7-13)14(21)20(11-10-16)19(16,17)23-15(18)22/h3-7H,8-12H2,1-2H3/t16-,17?,18-,19-/m0/s1. The molecule has 6 rings (SSSR count). The van der Waals surface area contributed by atoms with Gasteiger partial charge < -0.3 is 4.90 Å². The van der Waals surface area contributed by atoms with Crippen LogP contribution >= 0.6 is 11.8 Å². The van der Waals surface area contributed by atoms with Gasteiger partial charge in [-0.25, -0.2) is 0 Å². The number of nitrogens with zero attached hydrogens (tertiary/aromatic N) is 1. The van der Waals surface area contributed by atoms with Crippen LogP contribution in [0.4, 0.5) is 0 Å². The summed E-state index contributed by atoms with van der Waals surface area (Å²) in [5.74, 6) is 0.0653. The van der Waals surface area contributed by atoms with Crippen molar-refractivity contribution in [3.63, 3.8) is 0 Å². The van der Waals surface area contributed by atoms with Crippen LogP contribution in [0.5, 0.6) is 0 Å². The number of hydrogen-bond acceptors (Lipinski definition) is 3. The van der Waals surface area contributed by atoms with E-state index in [1.165, 1.54) is 11.8 Å². The molecule has 23 heavy (non-hydrogen) atoms. The minimum atomic E-state index is -0.960. The minimum absolute atomic E-state index is 0.0284. The highest BCUT2D eigenvalue weighted by molar-refractivity contribution is 8.15. The monoisotopic (exact) mass is 327 g/mol. The summed E-state index contributed by atoms with van der Waals surface area (Å²) < 4.78 is 0. The molecule has 4 heterocycles. The number of thioether (sulfide) groups is 1. The second kappa shape index (κ2) is 3.85. The second-order valence-corrected chi connectivity index (χ2v) is 9.48. The third-order valence-electron chi connectivity index (χ3n) is 7.25. The molecule has 4 atom stereocenters. The number of hydrogen-bond donors (Lipinski definition) is 0. The fraction of sp³-hybridized carbons (Fsp3) is 0.579. The van der Waals surface area contributed by atoms with E-state index in [1.807, 2.05) is 30.3 Å². The molecule has 2 bridgehead atoms. The number of amides is 1. The Morgan fingerprint density at radius 3 is 2.43 bits per heavy atom. The largest absolute Gasteiger partial charge is 0.325 e. The first kappa shape index (κ1) is 14.1. The van der Waals surface area contributed by atoms with Crippen LogP contribution in [-0.4, -0.2) is 27.3 Å². The second-order valence-electron chi connectivity index (χ2n) is 8.31. The van der Waals surface area contributed by atoms with Gasteiger partial charge in [0.25, 0.3) is 0 Å². The first-order valence-electron chi connectivity index (χ1n) is 8.51. The smallest absolute Gasteiger partial charge is 0.242 e. The molecule has 0 aromatic heterocycles. The predicted octanol–water partition coefficient (Wildman–Crippen LogP) is 3.34. The van der Waals surface area contributed by atoms with E-state index in [2.05, 4.69) is 18.7 Å². The van der Waals surface area contributed by atoms with Crippen molar-refractivity contribution in [2.75, 3.05) is 6.54 Å². The SMILES string of the molecule is CC12CC[C@@]3(C)CCN4C(=O)[C@@](c5ccccc5)(C1)C(=O)S[C@]423. The molecule has 4 heteroatoms. The molecule has 1 amide bonds. The zero-order valence-corrected chi connectivity index (χ0v) is 14.4. The molecule has 5 aliphatic rings. The fourth-order valence-electron chi connectivity index (χ4n) is 6.17. The number of fused-ring (bicyclic) bond motifs is 1. The molecule has 1 aromatic carbocycles. The molecule has 0 radical (unpaired) electrons. The van der Waals surface area contributed by atoms with Crippen molar-refractivity contribution in [3.8, 4) is 0 Å². The van der Waals surface area contributed by atoms with E-state index in [1.54, 1.807) is 0 Å². The Labute approximate surface area is 140 Å². The van der Waals surface area contributed by atoms with Gasteiger partial charge in [-0.1, -0.05) is 55.9 Å². The van der Waals surface area contributed by atoms with Gasteiger partial charge in [-0.15, -0.1) is 0 Å². The van der Waals surface area contributed by atoms with Gasteiger partial charge >= 0.3 is 0 Å². The molecule has 0 N–H and O–H groups in total. The Bertz CT molecular complexity index is 749. The lowest BCUT2D eigenvalue weighted by atomic mass is 9.60. The van der Waals surface area contributed by atoms with Crippen LogP contribution in [0.2, 0.25) is 0 Å². The zero-order chi connectivity index (χ0) is 16.1. The molecule has 3 nitrogen and oxygen atoms in total. The topological polar surface area (TPSA) is 37.4 Å². The molecule has 4 saturated heterocycles. The maximum atomic E-state index is 13.5. The first-order chi connectivity index (χ1) is 10.9. The van der Waals surface area contributed by atoms with E-state index in [0.29, 0.717) is 6.42 Å². The quantitative estimate of drug-likeness (QED) is 0.743. The van der Waals surface area contributed by atoms with Gasteiger partial charge in [0.05, 0.1) is 0 Å². The third-order valence-corrected chi connectivity index (χ3v) is 9.29. The van der Waals surface area contributed by atoms with Crippen LogP contribution in [0.1, 0.15) is 45.1 Å². The van der Waals surface area contributed by atoms with Crippen LogP contribution in [0, 0.1) is 10.8 Å². The summed E-state index contributed by atoms with van der Waals surface area (Å²) in [7, 11) is 0. The Morgan fingerprint density at radius 2 is 1.70 bits per heavy atom. The van der Waals surface area contributed by atoms with E-state index in [0.717, 1.165) is 31.4 Å². The van der Waals surface area contributed by atoms with Crippen molar-refractivity contribution in [1.29, 1.82) is 0 Å². The molecule has 1 aliphatic carbocycles. The summed E-state index contributed by atoms with van der Waals surface area (Å²) in [6.07, 6.45) is 3.95. The van der Waals surface area contributed by atoms with Crippen molar-refractivity contribution in [2.24, 2.45) is 10.8 Å². The van der Waals surface area contributed by atoms with Crippen LogP contribution < -0.4 is 0 Å². The van der Waals surface area contributed by atoms with Crippen molar-refractivity contribution >= 4 is 22.8 Å². The molecule has 5 fully saturated rings. The number of piperidine rings is 1. The molecule has 4 aliphatic heterocycles. The summed E-state index contributed by atoms with van der Waals surface area (Å²) in [5, 5.41) is 0.0810. The summed E-state index contributed by atoms with van der Waals surface area (Å²) in [6.45, 7) is 5.42. The van der Waals surface area contributed by atoms with Gasteiger partial charge in [0.15, 0.2) is 0 Å². The molecule has 1 spiro atoms. The predicted molar refractivity (Wildman–Crippen MR) is 89.8 cm³/mol. The summed E-state index contributed by atoms with van der Waals surface area (Å²) >= 11 is 1.49. The Morgan fingerprint density at radius 1 is 1.00 bits per heavy atom. The van der Waals surface area contributed by atoms with E-state index in [-0.39, 0.29) is 26.7 Å². The average molecular weight is 327 g/mol. The number of carbonyl (C=O) groups excluding carboxylic acids is 2. The molecule has 120 valence electrons. The molecule has 1 aromatic rings. The third kappa shape index (κ3) is 1.23. The molecular weight excluding hydrogens is 306 g/mol. The van der Waals surface area contributed by atoms with Crippen LogP contribution in [0.3, 0.4) is 0 Å². The van der Waals surface area contributed by atoms with Gasteiger partial charge in [-0.2, -0.15) is 0 Å². The Kier molecular flexibility index (Phi) is 2.36. The van der Waals surface area contributed by atoms with Gasteiger partial charge in [-0.3, -0.25) is 9.59 Å². The maximum absolute atomic E-state index is 13.5. The maximum Gasteiger partial charge on any atom is 0.242 e. The first-order valence-corrected chi connectivity index (χ1v) is 9.32. The average Bonchev–Trinajstić information content (AvgIpc) is 2.96. The van der Waals surface area contributed by atoms with E-state index in [9.17, 15) is 9.59 Å².